The number of nitrogens with one attached hydrogen (secondary N) is 1. The summed E-state index contributed by atoms with van der Waals surface area (Å²) in [6.07, 6.45) is 17.8. The third kappa shape index (κ3) is 4.96. The standard InChI is InChI=1S/C19H37NO/c1-3-15-20-18(16-17-11-7-6-8-12-17)19(21-2)13-9-4-5-10-14-19/h17-18,20H,3-16H2,1-2H3. The average molecular weight is 296 g/mol. The zero-order valence-electron chi connectivity index (χ0n) is 14.5. The van der Waals surface area contributed by atoms with Crippen LogP contribution in [0.4, 0.5) is 0 Å². The van der Waals surface area contributed by atoms with Gasteiger partial charge >= 0.3 is 0 Å². The van der Waals surface area contributed by atoms with Gasteiger partial charge in [0, 0.05) is 13.2 Å². The van der Waals surface area contributed by atoms with Crippen molar-refractivity contribution in [3.63, 3.8) is 0 Å². The van der Waals surface area contributed by atoms with Gasteiger partial charge in [-0.2, -0.15) is 0 Å². The Morgan fingerprint density at radius 1 is 1.00 bits per heavy atom. The van der Waals surface area contributed by atoms with Crippen LogP contribution in [0.3, 0.4) is 0 Å². The molecule has 1 N–H and O–H groups in total. The number of ether oxygens (including phenoxy) is 1. The van der Waals surface area contributed by atoms with Gasteiger partial charge in [-0.15, -0.1) is 0 Å². The van der Waals surface area contributed by atoms with E-state index in [1.54, 1.807) is 0 Å². The van der Waals surface area contributed by atoms with Crippen molar-refractivity contribution in [2.24, 2.45) is 5.92 Å². The van der Waals surface area contributed by atoms with Crippen molar-refractivity contribution in [3.05, 3.63) is 0 Å². The highest BCUT2D eigenvalue weighted by Gasteiger charge is 2.39. The van der Waals surface area contributed by atoms with Crippen LogP contribution < -0.4 is 5.32 Å². The van der Waals surface area contributed by atoms with Crippen LogP contribution in [0.2, 0.25) is 0 Å². The van der Waals surface area contributed by atoms with E-state index in [1.165, 1.54) is 83.5 Å². The first-order valence-electron chi connectivity index (χ1n) is 9.59. The van der Waals surface area contributed by atoms with E-state index in [2.05, 4.69) is 12.2 Å². The lowest BCUT2D eigenvalue weighted by molar-refractivity contribution is -0.0593. The molecule has 0 aliphatic heterocycles. The Bertz CT molecular complexity index is 265. The summed E-state index contributed by atoms with van der Waals surface area (Å²) in [6, 6.07) is 0.573. The van der Waals surface area contributed by atoms with E-state index in [4.69, 9.17) is 4.74 Å². The van der Waals surface area contributed by atoms with E-state index in [-0.39, 0.29) is 5.60 Å². The number of hydrogen-bond acceptors (Lipinski definition) is 2. The molecule has 1 atom stereocenters. The van der Waals surface area contributed by atoms with Gasteiger partial charge in [0.15, 0.2) is 0 Å². The molecule has 2 aliphatic rings. The Balaban J connectivity index is 2.03. The quantitative estimate of drug-likeness (QED) is 0.662. The smallest absolute Gasteiger partial charge is 0.0831 e. The second kappa shape index (κ2) is 9.15. The average Bonchev–Trinajstić information content (AvgIpc) is 2.79. The van der Waals surface area contributed by atoms with Gasteiger partial charge in [0.2, 0.25) is 0 Å². The Hall–Kier alpha value is -0.0800. The van der Waals surface area contributed by atoms with Crippen LogP contribution in [-0.2, 0) is 4.74 Å². The molecule has 0 bridgehead atoms. The number of rotatable bonds is 7. The number of hydrogen-bond donors (Lipinski definition) is 1. The van der Waals surface area contributed by atoms with Crippen molar-refractivity contribution in [1.82, 2.24) is 5.32 Å². The lowest BCUT2D eigenvalue weighted by Crippen LogP contribution is -2.53. The maximum Gasteiger partial charge on any atom is 0.0831 e. The lowest BCUT2D eigenvalue weighted by atomic mass is 9.77. The van der Waals surface area contributed by atoms with Crippen LogP contribution in [0, 0.1) is 5.92 Å². The molecule has 0 saturated heterocycles. The molecule has 0 heterocycles. The minimum Gasteiger partial charge on any atom is -0.377 e. The summed E-state index contributed by atoms with van der Waals surface area (Å²) in [6.45, 7) is 3.42. The molecule has 0 aromatic heterocycles. The molecular formula is C19H37NO. The van der Waals surface area contributed by atoms with Crippen molar-refractivity contribution in [2.75, 3.05) is 13.7 Å². The van der Waals surface area contributed by atoms with Gasteiger partial charge in [-0.1, -0.05) is 64.7 Å². The van der Waals surface area contributed by atoms with Gasteiger partial charge < -0.3 is 10.1 Å². The predicted molar refractivity (Wildman–Crippen MR) is 90.7 cm³/mol. The minimum absolute atomic E-state index is 0.114. The molecule has 0 aromatic carbocycles. The molecule has 1 unspecified atom stereocenters. The van der Waals surface area contributed by atoms with Gasteiger partial charge in [-0.05, 0) is 38.1 Å². The third-order valence-electron chi connectivity index (χ3n) is 5.93. The van der Waals surface area contributed by atoms with E-state index < -0.39 is 0 Å². The molecule has 2 heteroatoms. The monoisotopic (exact) mass is 295 g/mol. The molecule has 0 amide bonds. The predicted octanol–water partition coefficient (Wildman–Crippen LogP) is 5.06. The summed E-state index contributed by atoms with van der Waals surface area (Å²) in [5.74, 6) is 0.934. The summed E-state index contributed by atoms with van der Waals surface area (Å²) >= 11 is 0. The fraction of sp³-hybridized carbons (Fsp3) is 1.00. The van der Waals surface area contributed by atoms with Crippen LogP contribution in [0.1, 0.15) is 90.4 Å². The van der Waals surface area contributed by atoms with Crippen LogP contribution in [0.15, 0.2) is 0 Å². The van der Waals surface area contributed by atoms with Crippen LogP contribution in [0.5, 0.6) is 0 Å². The first-order chi connectivity index (χ1) is 10.3. The molecule has 21 heavy (non-hydrogen) atoms. The molecule has 0 spiro atoms. The van der Waals surface area contributed by atoms with Crippen molar-refractivity contribution in [3.8, 4) is 0 Å². The highest BCUT2D eigenvalue weighted by molar-refractivity contribution is 4.95. The van der Waals surface area contributed by atoms with Gasteiger partial charge in [-0.3, -0.25) is 0 Å². The zero-order valence-corrected chi connectivity index (χ0v) is 14.5. The van der Waals surface area contributed by atoms with Crippen LogP contribution >= 0.6 is 0 Å². The lowest BCUT2D eigenvalue weighted by Gasteiger charge is -2.42. The fourth-order valence-electron chi connectivity index (χ4n) is 4.58. The molecule has 2 fully saturated rings. The minimum atomic E-state index is 0.114. The topological polar surface area (TPSA) is 21.3 Å². The van der Waals surface area contributed by atoms with Gasteiger partial charge in [-0.25, -0.2) is 0 Å². The van der Waals surface area contributed by atoms with Crippen molar-refractivity contribution in [1.29, 1.82) is 0 Å². The van der Waals surface area contributed by atoms with E-state index in [0.29, 0.717) is 6.04 Å². The fourth-order valence-corrected chi connectivity index (χ4v) is 4.58. The third-order valence-corrected chi connectivity index (χ3v) is 5.93. The molecule has 2 aliphatic carbocycles. The molecule has 0 radical (unpaired) electrons. The summed E-state index contributed by atoms with van der Waals surface area (Å²) in [7, 11) is 1.97. The zero-order chi connectivity index (χ0) is 15.0. The van der Waals surface area contributed by atoms with Crippen LogP contribution in [0.25, 0.3) is 0 Å². The van der Waals surface area contributed by atoms with E-state index in [1.807, 2.05) is 7.11 Å². The largest absolute Gasteiger partial charge is 0.377 e. The highest BCUT2D eigenvalue weighted by atomic mass is 16.5. The highest BCUT2D eigenvalue weighted by Crippen LogP contribution is 2.37. The second-order valence-electron chi connectivity index (χ2n) is 7.43. The summed E-state index contributed by atoms with van der Waals surface area (Å²) in [4.78, 5) is 0. The Kier molecular flexibility index (Phi) is 7.53. The van der Waals surface area contributed by atoms with Crippen molar-refractivity contribution < 1.29 is 4.74 Å². The Labute approximate surface area is 132 Å². The maximum absolute atomic E-state index is 6.20. The molecule has 2 saturated carbocycles. The molecule has 124 valence electrons. The molecule has 2 rings (SSSR count). The van der Waals surface area contributed by atoms with Gasteiger partial charge in [0.1, 0.15) is 0 Å². The molecular weight excluding hydrogens is 258 g/mol. The SMILES string of the molecule is CCCNC(CC1CCCCC1)C1(OC)CCCCCC1. The first kappa shape index (κ1) is 17.3. The van der Waals surface area contributed by atoms with E-state index in [0.717, 1.165) is 12.5 Å². The normalized spacial score (nSPS) is 25.4. The Morgan fingerprint density at radius 2 is 1.62 bits per heavy atom. The van der Waals surface area contributed by atoms with Crippen molar-refractivity contribution >= 4 is 0 Å². The molecule has 0 aromatic rings. The van der Waals surface area contributed by atoms with Gasteiger partial charge in [0.25, 0.3) is 0 Å². The Morgan fingerprint density at radius 3 is 2.19 bits per heavy atom. The van der Waals surface area contributed by atoms with E-state index in [9.17, 15) is 0 Å². The van der Waals surface area contributed by atoms with Gasteiger partial charge in [0.05, 0.1) is 5.60 Å². The van der Waals surface area contributed by atoms with E-state index >= 15 is 0 Å². The van der Waals surface area contributed by atoms with Crippen molar-refractivity contribution in [2.45, 2.75) is 102 Å². The van der Waals surface area contributed by atoms with Crippen LogP contribution in [-0.4, -0.2) is 25.3 Å². The summed E-state index contributed by atoms with van der Waals surface area (Å²) in [5, 5.41) is 3.88. The second-order valence-corrected chi connectivity index (χ2v) is 7.43. The first-order valence-corrected chi connectivity index (χ1v) is 9.59. The summed E-state index contributed by atoms with van der Waals surface area (Å²) in [5.41, 5.74) is 0.114. The molecule has 2 nitrogen and oxygen atoms in total. The maximum atomic E-state index is 6.20. The number of methoxy groups -OCH3 is 1. The summed E-state index contributed by atoms with van der Waals surface area (Å²) < 4.78 is 6.20.